The van der Waals surface area contributed by atoms with Gasteiger partial charge in [0.15, 0.2) is 0 Å². The summed E-state index contributed by atoms with van der Waals surface area (Å²) in [5.74, 6) is 0.287. The number of aryl methyl sites for hydroxylation is 2. The van der Waals surface area contributed by atoms with Gasteiger partial charge in [-0.2, -0.15) is 16.4 Å². The predicted molar refractivity (Wildman–Crippen MR) is 99.3 cm³/mol. The van der Waals surface area contributed by atoms with Crippen LogP contribution in [0.5, 0.6) is 0 Å². The van der Waals surface area contributed by atoms with E-state index in [0.717, 1.165) is 31.6 Å². The summed E-state index contributed by atoms with van der Waals surface area (Å²) in [6, 6.07) is 2.57. The summed E-state index contributed by atoms with van der Waals surface area (Å²) < 4.78 is 1.80. The van der Waals surface area contributed by atoms with Crippen molar-refractivity contribution >= 4 is 17.2 Å². The molecule has 1 spiro atoms. The van der Waals surface area contributed by atoms with Crippen LogP contribution in [0, 0.1) is 5.41 Å². The molecule has 2 aromatic heterocycles. The molecule has 1 N–H and O–H groups in total. The molecule has 1 saturated heterocycles. The Balaban J connectivity index is 1.44. The molecule has 134 valence electrons. The average molecular weight is 359 g/mol. The van der Waals surface area contributed by atoms with E-state index in [1.54, 1.807) is 16.0 Å². The molecule has 0 bridgehead atoms. The molecule has 1 saturated carbocycles. The van der Waals surface area contributed by atoms with Gasteiger partial charge >= 0.3 is 0 Å². The summed E-state index contributed by atoms with van der Waals surface area (Å²) in [5, 5.41) is 11.9. The summed E-state index contributed by atoms with van der Waals surface area (Å²) in [4.78, 5) is 15.2. The number of amides is 1. The van der Waals surface area contributed by atoms with Gasteiger partial charge in [-0.15, -0.1) is 0 Å². The van der Waals surface area contributed by atoms with E-state index < -0.39 is 0 Å². The number of hydrogen-bond acceptors (Lipinski definition) is 4. The first-order valence-corrected chi connectivity index (χ1v) is 10.1. The molecule has 6 heteroatoms. The van der Waals surface area contributed by atoms with Crippen LogP contribution in [-0.2, 0) is 24.8 Å². The molecule has 1 aliphatic heterocycles. The first-order valence-electron chi connectivity index (χ1n) is 9.15. The molecule has 0 radical (unpaired) electrons. The van der Waals surface area contributed by atoms with Gasteiger partial charge in [0.1, 0.15) is 0 Å². The zero-order valence-electron chi connectivity index (χ0n) is 14.8. The van der Waals surface area contributed by atoms with Crippen LogP contribution >= 0.6 is 11.3 Å². The van der Waals surface area contributed by atoms with Gasteiger partial charge in [0.05, 0.1) is 6.20 Å². The lowest BCUT2D eigenvalue weighted by molar-refractivity contribution is -0.133. The van der Waals surface area contributed by atoms with Crippen LogP contribution in [0.2, 0.25) is 0 Å². The van der Waals surface area contributed by atoms with Crippen molar-refractivity contribution in [2.75, 3.05) is 13.1 Å². The fraction of sp³-hybridized carbons (Fsp3) is 0.579. The van der Waals surface area contributed by atoms with Gasteiger partial charge in [-0.3, -0.25) is 9.48 Å². The first-order chi connectivity index (χ1) is 12.2. The molecule has 4 rings (SSSR count). The van der Waals surface area contributed by atoms with Crippen LogP contribution in [0.4, 0.5) is 0 Å². The summed E-state index contributed by atoms with van der Waals surface area (Å²) in [7, 11) is 1.92. The lowest BCUT2D eigenvalue weighted by atomic mass is 9.93. The number of aromatic nitrogens is 2. The van der Waals surface area contributed by atoms with Gasteiger partial charge in [0.25, 0.3) is 0 Å². The van der Waals surface area contributed by atoms with Crippen molar-refractivity contribution in [2.24, 2.45) is 12.5 Å². The number of hydrogen-bond donors (Lipinski definition) is 1. The smallest absolute Gasteiger partial charge is 0.223 e. The van der Waals surface area contributed by atoms with E-state index in [1.165, 1.54) is 24.8 Å². The van der Waals surface area contributed by atoms with Gasteiger partial charge in [0.2, 0.25) is 5.91 Å². The highest BCUT2D eigenvalue weighted by Crippen LogP contribution is 2.56. The fourth-order valence-electron chi connectivity index (χ4n) is 4.18. The van der Waals surface area contributed by atoms with Crippen LogP contribution in [0.25, 0.3) is 0 Å². The zero-order chi connectivity index (χ0) is 17.3. The molecule has 2 aliphatic rings. The minimum atomic E-state index is 0.287. The average Bonchev–Trinajstić information content (AvgIpc) is 2.99. The van der Waals surface area contributed by atoms with E-state index >= 15 is 0 Å². The summed E-state index contributed by atoms with van der Waals surface area (Å²) >= 11 is 1.71. The summed E-state index contributed by atoms with van der Waals surface area (Å²) in [6.07, 6.45) is 8.79. The maximum Gasteiger partial charge on any atom is 0.223 e. The Bertz CT molecular complexity index is 718. The Kier molecular flexibility index (Phi) is 4.65. The van der Waals surface area contributed by atoms with E-state index in [1.807, 2.05) is 19.4 Å². The van der Waals surface area contributed by atoms with Crippen LogP contribution in [-0.4, -0.2) is 39.7 Å². The largest absolute Gasteiger partial charge is 0.335 e. The van der Waals surface area contributed by atoms with Crippen molar-refractivity contribution in [3.05, 3.63) is 40.3 Å². The van der Waals surface area contributed by atoms with E-state index in [-0.39, 0.29) is 5.91 Å². The highest BCUT2D eigenvalue weighted by Gasteiger charge is 2.57. The lowest BCUT2D eigenvalue weighted by Gasteiger charge is -2.29. The first kappa shape index (κ1) is 16.8. The topological polar surface area (TPSA) is 50.2 Å². The van der Waals surface area contributed by atoms with E-state index in [2.05, 4.69) is 32.1 Å². The number of nitrogens with one attached hydrogen (secondary N) is 1. The van der Waals surface area contributed by atoms with Gasteiger partial charge in [-0.25, -0.2) is 0 Å². The Hall–Kier alpha value is -1.66. The maximum absolute atomic E-state index is 13.0. The van der Waals surface area contributed by atoms with Crippen LogP contribution in [0.3, 0.4) is 0 Å². The standard InChI is InChI=1S/C19H26N4OS/c1-22-12-15(11-21-22)2-3-18(24)23(13-16-4-9-25-14-16)17-10-19(17)5-7-20-8-6-19/h4,9,11-12,14,17,20H,2-3,5-8,10,13H2,1H3/t17-/m1/s1. The van der Waals surface area contributed by atoms with Crippen molar-refractivity contribution in [1.82, 2.24) is 20.0 Å². The van der Waals surface area contributed by atoms with Gasteiger partial charge in [-0.1, -0.05) is 0 Å². The summed E-state index contributed by atoms with van der Waals surface area (Å²) in [5.41, 5.74) is 2.78. The third-order valence-electron chi connectivity index (χ3n) is 5.76. The van der Waals surface area contributed by atoms with E-state index in [9.17, 15) is 4.79 Å². The Morgan fingerprint density at radius 2 is 2.28 bits per heavy atom. The quantitative estimate of drug-likeness (QED) is 0.863. The molecule has 1 atom stereocenters. The van der Waals surface area contributed by atoms with E-state index in [4.69, 9.17) is 0 Å². The minimum absolute atomic E-state index is 0.287. The number of thiophene rings is 1. The second-order valence-electron chi connectivity index (χ2n) is 7.51. The Morgan fingerprint density at radius 3 is 2.96 bits per heavy atom. The highest BCUT2D eigenvalue weighted by atomic mass is 32.1. The number of carbonyl (C=O) groups is 1. The van der Waals surface area contributed by atoms with Crippen LogP contribution < -0.4 is 5.32 Å². The fourth-order valence-corrected chi connectivity index (χ4v) is 4.84. The molecule has 1 aliphatic carbocycles. The Labute approximate surface area is 153 Å². The molecule has 1 amide bonds. The van der Waals surface area contributed by atoms with Crippen LogP contribution in [0.1, 0.15) is 36.8 Å². The van der Waals surface area contributed by atoms with Crippen molar-refractivity contribution in [2.45, 2.75) is 44.7 Å². The molecule has 2 aromatic rings. The molecular weight excluding hydrogens is 332 g/mol. The second-order valence-corrected chi connectivity index (χ2v) is 8.29. The number of carbonyl (C=O) groups excluding carboxylic acids is 1. The van der Waals surface area contributed by atoms with Gasteiger partial charge in [-0.05, 0) is 72.1 Å². The predicted octanol–water partition coefficient (Wildman–Crippen LogP) is 2.59. The van der Waals surface area contributed by atoms with Crippen molar-refractivity contribution < 1.29 is 4.79 Å². The number of rotatable bonds is 6. The molecule has 2 fully saturated rings. The monoisotopic (exact) mass is 358 g/mol. The van der Waals surface area contributed by atoms with Crippen molar-refractivity contribution in [1.29, 1.82) is 0 Å². The third-order valence-corrected chi connectivity index (χ3v) is 6.49. The highest BCUT2D eigenvalue weighted by molar-refractivity contribution is 7.07. The normalized spacial score (nSPS) is 21.4. The van der Waals surface area contributed by atoms with E-state index in [0.29, 0.717) is 17.9 Å². The maximum atomic E-state index is 13.0. The molecule has 25 heavy (non-hydrogen) atoms. The number of piperidine rings is 1. The zero-order valence-corrected chi connectivity index (χ0v) is 15.6. The summed E-state index contributed by atoms with van der Waals surface area (Å²) in [6.45, 7) is 2.94. The third kappa shape index (κ3) is 3.65. The number of nitrogens with zero attached hydrogens (tertiary/aromatic N) is 3. The lowest BCUT2D eigenvalue weighted by Crippen LogP contribution is -2.39. The SMILES string of the molecule is Cn1cc(CCC(=O)N(Cc2ccsc2)[C@@H]2CC23CCNCC3)cn1. The second kappa shape index (κ2) is 6.92. The van der Waals surface area contributed by atoms with Crippen molar-refractivity contribution in [3.8, 4) is 0 Å². The Morgan fingerprint density at radius 1 is 1.44 bits per heavy atom. The molecular formula is C19H26N4OS. The molecule has 0 unspecified atom stereocenters. The van der Waals surface area contributed by atoms with Crippen LogP contribution in [0.15, 0.2) is 29.2 Å². The molecule has 5 nitrogen and oxygen atoms in total. The minimum Gasteiger partial charge on any atom is -0.335 e. The molecule has 0 aromatic carbocycles. The van der Waals surface area contributed by atoms with Gasteiger partial charge < -0.3 is 10.2 Å². The van der Waals surface area contributed by atoms with Crippen molar-refractivity contribution in [3.63, 3.8) is 0 Å². The van der Waals surface area contributed by atoms with Gasteiger partial charge in [0, 0.05) is 32.3 Å². The molecule has 3 heterocycles.